The third kappa shape index (κ3) is 2.35. The minimum absolute atomic E-state index is 0.154. The lowest BCUT2D eigenvalue weighted by atomic mass is 9.79. The van der Waals surface area contributed by atoms with Gasteiger partial charge in [-0.1, -0.05) is 23.7 Å². The smallest absolute Gasteiger partial charge is 0.273 e. The van der Waals surface area contributed by atoms with Gasteiger partial charge in [0.15, 0.2) is 5.60 Å². The van der Waals surface area contributed by atoms with Crippen LogP contribution in [0, 0.1) is 6.92 Å². The topological polar surface area (TPSA) is 40.5 Å². The fourth-order valence-corrected chi connectivity index (χ4v) is 1.78. The molecule has 0 fully saturated rings. The number of hydrogen-bond acceptors (Lipinski definition) is 2. The molecule has 0 bridgehead atoms. The Morgan fingerprint density at radius 1 is 1.33 bits per heavy atom. The Hall–Kier alpha value is -0.780. The van der Waals surface area contributed by atoms with Gasteiger partial charge in [-0.25, -0.2) is 13.2 Å². The molecule has 102 valence electrons. The molecule has 0 aliphatic rings. The minimum Gasteiger partial charge on any atom is -0.384 e. The molecule has 0 spiro atoms. The first-order valence-electron chi connectivity index (χ1n) is 5.22. The van der Waals surface area contributed by atoms with Gasteiger partial charge in [-0.15, -0.1) is 0 Å². The maximum absolute atomic E-state index is 13.1. The van der Waals surface area contributed by atoms with Crippen molar-refractivity contribution >= 4 is 11.6 Å². The van der Waals surface area contributed by atoms with Crippen molar-refractivity contribution in [2.45, 2.75) is 31.5 Å². The van der Waals surface area contributed by atoms with Gasteiger partial charge in [0.1, 0.15) is 12.3 Å². The second kappa shape index (κ2) is 5.07. The number of aliphatic hydroxyl groups is 2. The summed E-state index contributed by atoms with van der Waals surface area (Å²) in [6.07, 6.45) is -3.36. The molecular weight excluding hydrogens is 269 g/mol. The van der Waals surface area contributed by atoms with Crippen LogP contribution in [-0.2, 0) is 5.60 Å². The summed E-state index contributed by atoms with van der Waals surface area (Å²) in [5.74, 6) is 0. The second-order valence-corrected chi connectivity index (χ2v) is 4.85. The van der Waals surface area contributed by atoms with Crippen LogP contribution in [0.15, 0.2) is 18.2 Å². The van der Waals surface area contributed by atoms with E-state index in [-0.39, 0.29) is 10.6 Å². The Kier molecular flexibility index (Phi) is 4.30. The van der Waals surface area contributed by atoms with Gasteiger partial charge in [0.2, 0.25) is 0 Å². The van der Waals surface area contributed by atoms with E-state index >= 15 is 0 Å². The van der Waals surface area contributed by atoms with E-state index in [4.69, 9.17) is 11.6 Å². The highest BCUT2D eigenvalue weighted by Crippen LogP contribution is 2.40. The van der Waals surface area contributed by atoms with Crippen molar-refractivity contribution in [3.63, 3.8) is 0 Å². The fourth-order valence-electron chi connectivity index (χ4n) is 1.60. The summed E-state index contributed by atoms with van der Waals surface area (Å²) in [5, 5.41) is 19.8. The molecule has 18 heavy (non-hydrogen) atoms. The van der Waals surface area contributed by atoms with Crippen LogP contribution in [0.1, 0.15) is 18.1 Å². The molecule has 0 radical (unpaired) electrons. The minimum atomic E-state index is -3.36. The Morgan fingerprint density at radius 3 is 2.28 bits per heavy atom. The van der Waals surface area contributed by atoms with Crippen LogP contribution < -0.4 is 0 Å². The van der Waals surface area contributed by atoms with Crippen LogP contribution in [0.4, 0.5) is 13.2 Å². The molecule has 0 aliphatic heterocycles. The van der Waals surface area contributed by atoms with Gasteiger partial charge >= 0.3 is 0 Å². The van der Waals surface area contributed by atoms with E-state index in [9.17, 15) is 23.4 Å². The van der Waals surface area contributed by atoms with Crippen molar-refractivity contribution in [2.75, 3.05) is 6.67 Å². The molecule has 2 N–H and O–H groups in total. The van der Waals surface area contributed by atoms with Gasteiger partial charge in [0, 0.05) is 5.02 Å². The van der Waals surface area contributed by atoms with E-state index in [1.807, 2.05) is 0 Å². The highest BCUT2D eigenvalue weighted by atomic mass is 35.5. The largest absolute Gasteiger partial charge is 0.384 e. The molecule has 0 amide bonds. The standard InChI is InChI=1S/C12H14ClF3O2/c1-7-3-4-8(5-9(7)13)12(18,10(15)16)11(2,17)6-14/h3-5,10,17-18H,6H2,1-2H3. The average Bonchev–Trinajstić information content (AvgIpc) is 2.31. The fraction of sp³-hybridized carbons (Fsp3) is 0.500. The monoisotopic (exact) mass is 282 g/mol. The number of halogens is 4. The number of rotatable bonds is 4. The number of benzene rings is 1. The lowest BCUT2D eigenvalue weighted by Gasteiger charge is -2.39. The summed E-state index contributed by atoms with van der Waals surface area (Å²) in [5.41, 5.74) is -5.33. The summed E-state index contributed by atoms with van der Waals surface area (Å²) >= 11 is 5.79. The number of aryl methyl sites for hydroxylation is 1. The van der Waals surface area contributed by atoms with E-state index in [0.717, 1.165) is 13.0 Å². The second-order valence-electron chi connectivity index (χ2n) is 4.44. The van der Waals surface area contributed by atoms with E-state index in [1.54, 1.807) is 6.92 Å². The maximum atomic E-state index is 13.1. The van der Waals surface area contributed by atoms with E-state index in [0.29, 0.717) is 5.56 Å². The first kappa shape index (κ1) is 15.3. The molecular formula is C12H14ClF3O2. The van der Waals surface area contributed by atoms with Crippen LogP contribution in [0.5, 0.6) is 0 Å². The average molecular weight is 283 g/mol. The summed E-state index contributed by atoms with van der Waals surface area (Å²) in [6.45, 7) is 0.951. The molecule has 2 atom stereocenters. The quantitative estimate of drug-likeness (QED) is 0.891. The first-order valence-corrected chi connectivity index (χ1v) is 5.60. The van der Waals surface area contributed by atoms with Gasteiger partial charge in [-0.2, -0.15) is 0 Å². The molecule has 0 aromatic heterocycles. The van der Waals surface area contributed by atoms with Crippen molar-refractivity contribution in [3.05, 3.63) is 34.3 Å². The lowest BCUT2D eigenvalue weighted by Crippen LogP contribution is -2.56. The predicted molar refractivity (Wildman–Crippen MR) is 62.7 cm³/mol. The molecule has 2 unspecified atom stereocenters. The molecule has 0 saturated carbocycles. The van der Waals surface area contributed by atoms with Crippen LogP contribution in [0.2, 0.25) is 5.02 Å². The predicted octanol–water partition coefficient (Wildman–Crippen LogP) is 2.82. The SMILES string of the molecule is Cc1ccc(C(O)(C(F)F)C(C)(O)CF)cc1Cl. The highest BCUT2D eigenvalue weighted by Gasteiger charge is 2.54. The number of hydrogen-bond donors (Lipinski definition) is 2. The highest BCUT2D eigenvalue weighted by molar-refractivity contribution is 6.31. The third-order valence-corrected chi connectivity index (χ3v) is 3.42. The van der Waals surface area contributed by atoms with E-state index in [2.05, 4.69) is 0 Å². The Bertz CT molecular complexity index is 437. The van der Waals surface area contributed by atoms with Crippen molar-refractivity contribution in [1.29, 1.82) is 0 Å². The number of alkyl halides is 3. The third-order valence-electron chi connectivity index (χ3n) is 3.01. The molecule has 0 heterocycles. The Balaban J connectivity index is 3.41. The molecule has 0 saturated heterocycles. The van der Waals surface area contributed by atoms with Crippen molar-refractivity contribution in [1.82, 2.24) is 0 Å². The zero-order valence-electron chi connectivity index (χ0n) is 9.92. The molecule has 6 heteroatoms. The van der Waals surface area contributed by atoms with Gasteiger partial charge in [-0.3, -0.25) is 0 Å². The van der Waals surface area contributed by atoms with E-state index in [1.165, 1.54) is 12.1 Å². The zero-order chi connectivity index (χ0) is 14.1. The molecule has 0 aliphatic carbocycles. The van der Waals surface area contributed by atoms with Crippen molar-refractivity contribution in [2.24, 2.45) is 0 Å². The molecule has 1 aromatic rings. The summed E-state index contributed by atoms with van der Waals surface area (Å²) in [7, 11) is 0. The van der Waals surface area contributed by atoms with Crippen molar-refractivity contribution in [3.8, 4) is 0 Å². The van der Waals surface area contributed by atoms with Crippen LogP contribution in [-0.4, -0.2) is 28.9 Å². The van der Waals surface area contributed by atoms with Crippen LogP contribution in [0.25, 0.3) is 0 Å². The molecule has 1 aromatic carbocycles. The zero-order valence-corrected chi connectivity index (χ0v) is 10.7. The van der Waals surface area contributed by atoms with Gasteiger partial charge in [0.25, 0.3) is 6.43 Å². The summed E-state index contributed by atoms with van der Waals surface area (Å²) < 4.78 is 38.8. The van der Waals surface area contributed by atoms with Gasteiger partial charge in [0.05, 0.1) is 0 Å². The van der Waals surface area contributed by atoms with Gasteiger partial charge < -0.3 is 10.2 Å². The Labute approximate surface area is 108 Å². The van der Waals surface area contributed by atoms with E-state index < -0.39 is 24.3 Å². The van der Waals surface area contributed by atoms with Crippen molar-refractivity contribution < 1.29 is 23.4 Å². The molecule has 2 nitrogen and oxygen atoms in total. The first-order chi connectivity index (χ1) is 8.16. The van der Waals surface area contributed by atoms with Gasteiger partial charge in [-0.05, 0) is 31.0 Å². The normalized spacial score (nSPS) is 18.5. The maximum Gasteiger partial charge on any atom is 0.273 e. The molecule has 1 rings (SSSR count). The summed E-state index contributed by atoms with van der Waals surface area (Å²) in [4.78, 5) is 0. The lowest BCUT2D eigenvalue weighted by molar-refractivity contribution is -0.220. The Morgan fingerprint density at radius 2 is 1.89 bits per heavy atom. The summed E-state index contributed by atoms with van der Waals surface area (Å²) in [6, 6.07) is 3.71. The van der Waals surface area contributed by atoms with Crippen LogP contribution in [0.3, 0.4) is 0 Å². The van der Waals surface area contributed by atoms with Crippen LogP contribution >= 0.6 is 11.6 Å².